The topological polar surface area (TPSA) is 114 Å². The van der Waals surface area contributed by atoms with Gasteiger partial charge in [0, 0.05) is 0 Å². The van der Waals surface area contributed by atoms with Gasteiger partial charge in [-0.15, -0.1) is 10.1 Å². The van der Waals surface area contributed by atoms with Crippen LogP contribution in [0.1, 0.15) is 0 Å². The maximum Gasteiger partial charge on any atom is 0.523 e. The van der Waals surface area contributed by atoms with Gasteiger partial charge in [0.15, 0.2) is 6.10 Å². The zero-order valence-corrected chi connectivity index (χ0v) is 10.3. The first-order chi connectivity index (χ1) is 9.12. The summed E-state index contributed by atoms with van der Waals surface area (Å²) in [6, 6.07) is 0. The second kappa shape index (κ2) is 4.98. The number of alkyl halides is 3. The SMILES string of the molecule is O=[N+]([O-])O[C@H]1CO[C@H]2[C@@H]1OC[C@@H]2OS(=O)(=O)C(F)(F)F. The third-order valence-corrected chi connectivity index (χ3v) is 3.79. The summed E-state index contributed by atoms with van der Waals surface area (Å²) in [6.07, 6.45) is -4.92. The van der Waals surface area contributed by atoms with Crippen molar-refractivity contribution in [2.45, 2.75) is 29.9 Å². The third kappa shape index (κ3) is 2.79. The van der Waals surface area contributed by atoms with E-state index in [9.17, 15) is 31.7 Å². The lowest BCUT2D eigenvalue weighted by Crippen LogP contribution is -2.38. The van der Waals surface area contributed by atoms with E-state index in [1.54, 1.807) is 0 Å². The molecule has 20 heavy (non-hydrogen) atoms. The Balaban J connectivity index is 2.03. The molecule has 9 nitrogen and oxygen atoms in total. The first-order valence-corrected chi connectivity index (χ1v) is 6.56. The van der Waals surface area contributed by atoms with E-state index in [-0.39, 0.29) is 6.61 Å². The quantitative estimate of drug-likeness (QED) is 0.297. The molecule has 0 bridgehead atoms. The monoisotopic (exact) mass is 323 g/mol. The Kier molecular flexibility index (Phi) is 3.79. The zero-order chi connectivity index (χ0) is 15.1. The normalized spacial score (nSPS) is 34.0. The van der Waals surface area contributed by atoms with Crippen LogP contribution < -0.4 is 0 Å². The Morgan fingerprint density at radius 2 is 1.65 bits per heavy atom. The fourth-order valence-corrected chi connectivity index (χ4v) is 2.53. The van der Waals surface area contributed by atoms with Crippen LogP contribution in [0, 0.1) is 10.1 Å². The summed E-state index contributed by atoms with van der Waals surface area (Å²) in [5.41, 5.74) is -5.57. The number of hydrogen-bond donors (Lipinski definition) is 0. The Morgan fingerprint density at radius 1 is 1.15 bits per heavy atom. The van der Waals surface area contributed by atoms with Crippen molar-refractivity contribution >= 4 is 10.1 Å². The molecule has 0 spiro atoms. The molecule has 0 N–H and O–H groups in total. The average molecular weight is 323 g/mol. The molecular formula is C7H8F3NO8S. The van der Waals surface area contributed by atoms with E-state index in [1.165, 1.54) is 0 Å². The van der Waals surface area contributed by atoms with Gasteiger partial charge in [0.25, 0.3) is 5.09 Å². The highest BCUT2D eigenvalue weighted by Crippen LogP contribution is 2.34. The molecule has 2 saturated heterocycles. The van der Waals surface area contributed by atoms with Crippen LogP contribution in [0.4, 0.5) is 13.2 Å². The van der Waals surface area contributed by atoms with E-state index in [4.69, 9.17) is 9.47 Å². The van der Waals surface area contributed by atoms with Crippen LogP contribution in [0.3, 0.4) is 0 Å². The summed E-state index contributed by atoms with van der Waals surface area (Å²) in [4.78, 5) is 14.4. The number of ether oxygens (including phenoxy) is 2. The van der Waals surface area contributed by atoms with Crippen LogP contribution in [0.15, 0.2) is 0 Å². The minimum atomic E-state index is -5.80. The smallest absolute Gasteiger partial charge is 0.370 e. The van der Waals surface area contributed by atoms with Crippen LogP contribution in [0.5, 0.6) is 0 Å². The molecule has 0 radical (unpaired) electrons. The maximum atomic E-state index is 12.2. The number of nitrogens with zero attached hydrogens (tertiary/aromatic N) is 1. The van der Waals surface area contributed by atoms with Gasteiger partial charge in [-0.3, -0.25) is 4.18 Å². The summed E-state index contributed by atoms with van der Waals surface area (Å²) in [5, 5.41) is 9.09. The summed E-state index contributed by atoms with van der Waals surface area (Å²) in [7, 11) is -5.80. The Morgan fingerprint density at radius 3 is 2.15 bits per heavy atom. The Labute approximate surface area is 109 Å². The molecule has 2 aliphatic rings. The minimum absolute atomic E-state index is 0.317. The van der Waals surface area contributed by atoms with Gasteiger partial charge in [0.05, 0.1) is 13.2 Å². The molecular weight excluding hydrogens is 315 g/mol. The fourth-order valence-electron chi connectivity index (χ4n) is 1.93. The van der Waals surface area contributed by atoms with E-state index >= 15 is 0 Å². The largest absolute Gasteiger partial charge is 0.523 e. The molecule has 0 amide bonds. The van der Waals surface area contributed by atoms with Gasteiger partial charge in [-0.2, -0.15) is 21.6 Å². The molecule has 2 heterocycles. The molecule has 0 aromatic carbocycles. The van der Waals surface area contributed by atoms with Crippen LogP contribution >= 0.6 is 0 Å². The Hall–Kier alpha value is -1.18. The van der Waals surface area contributed by atoms with Crippen LogP contribution in [-0.2, 0) is 28.6 Å². The summed E-state index contributed by atoms with van der Waals surface area (Å²) < 4.78 is 72.1. The third-order valence-electron chi connectivity index (χ3n) is 2.72. The molecule has 0 saturated carbocycles. The van der Waals surface area contributed by atoms with E-state index < -0.39 is 51.7 Å². The summed E-state index contributed by atoms with van der Waals surface area (Å²) in [6.45, 7) is -0.829. The zero-order valence-electron chi connectivity index (χ0n) is 9.48. The first kappa shape index (κ1) is 15.2. The summed E-state index contributed by atoms with van der Waals surface area (Å²) >= 11 is 0. The van der Waals surface area contributed by atoms with E-state index in [0.717, 1.165) is 0 Å². The Bertz CT molecular complexity index is 493. The van der Waals surface area contributed by atoms with Gasteiger partial charge >= 0.3 is 15.6 Å². The van der Waals surface area contributed by atoms with Gasteiger partial charge in [-0.1, -0.05) is 0 Å². The highest BCUT2D eigenvalue weighted by molar-refractivity contribution is 7.87. The second-order valence-corrected chi connectivity index (χ2v) is 5.56. The maximum absolute atomic E-state index is 12.2. The van der Waals surface area contributed by atoms with Gasteiger partial charge in [0.1, 0.15) is 18.3 Å². The van der Waals surface area contributed by atoms with Crippen LogP contribution in [0.2, 0.25) is 0 Å². The van der Waals surface area contributed by atoms with Crippen molar-refractivity contribution in [3.8, 4) is 0 Å². The number of halogens is 3. The van der Waals surface area contributed by atoms with Gasteiger partial charge in [-0.05, 0) is 0 Å². The molecule has 0 aromatic rings. The minimum Gasteiger partial charge on any atom is -0.370 e. The second-order valence-electron chi connectivity index (χ2n) is 4.00. The lowest BCUT2D eigenvalue weighted by Gasteiger charge is -2.17. The number of fused-ring (bicyclic) bond motifs is 1. The number of rotatable bonds is 4. The molecule has 0 aromatic heterocycles. The van der Waals surface area contributed by atoms with Crippen molar-refractivity contribution in [2.24, 2.45) is 0 Å². The van der Waals surface area contributed by atoms with Crippen LogP contribution in [0.25, 0.3) is 0 Å². The standard InChI is InChI=1S/C7H8F3NO8S/c8-7(9,10)20(14,15)19-4-2-17-5-3(18-11(12)13)1-16-6(4)5/h3-6H,1-2H2/t3-,4-,5+,6+/m0/s1. The lowest BCUT2D eigenvalue weighted by molar-refractivity contribution is -0.769. The molecule has 2 aliphatic heterocycles. The predicted octanol–water partition coefficient (Wildman–Crippen LogP) is -0.404. The molecule has 0 unspecified atom stereocenters. The first-order valence-electron chi connectivity index (χ1n) is 5.16. The summed E-state index contributed by atoms with van der Waals surface area (Å²) in [5.74, 6) is 0. The van der Waals surface area contributed by atoms with Crippen molar-refractivity contribution in [1.82, 2.24) is 0 Å². The van der Waals surface area contributed by atoms with Gasteiger partial charge in [-0.25, -0.2) is 0 Å². The molecule has 0 aliphatic carbocycles. The molecule has 4 atom stereocenters. The van der Waals surface area contributed by atoms with Crippen molar-refractivity contribution in [1.29, 1.82) is 0 Å². The molecule has 116 valence electrons. The van der Waals surface area contributed by atoms with Gasteiger partial charge < -0.3 is 14.3 Å². The van der Waals surface area contributed by atoms with E-state index in [2.05, 4.69) is 9.02 Å². The van der Waals surface area contributed by atoms with Crippen molar-refractivity contribution in [3.05, 3.63) is 10.1 Å². The fraction of sp³-hybridized carbons (Fsp3) is 1.00. The number of hydrogen-bond acceptors (Lipinski definition) is 8. The van der Waals surface area contributed by atoms with Crippen LogP contribution in [-0.4, -0.2) is 56.6 Å². The van der Waals surface area contributed by atoms with Crippen molar-refractivity contribution in [2.75, 3.05) is 13.2 Å². The lowest BCUT2D eigenvalue weighted by atomic mass is 10.1. The van der Waals surface area contributed by atoms with Crippen molar-refractivity contribution in [3.63, 3.8) is 0 Å². The van der Waals surface area contributed by atoms with Gasteiger partial charge in [0.2, 0.25) is 0 Å². The average Bonchev–Trinajstić information content (AvgIpc) is 2.81. The molecule has 2 rings (SSSR count). The molecule has 13 heteroatoms. The highest BCUT2D eigenvalue weighted by atomic mass is 32.2. The highest BCUT2D eigenvalue weighted by Gasteiger charge is 2.55. The molecule has 2 fully saturated rings. The van der Waals surface area contributed by atoms with E-state index in [1.807, 2.05) is 0 Å². The van der Waals surface area contributed by atoms with Crippen molar-refractivity contribution < 1.29 is 45.2 Å². The van der Waals surface area contributed by atoms with E-state index in [0.29, 0.717) is 0 Å². The predicted molar refractivity (Wildman–Crippen MR) is 51.2 cm³/mol.